The maximum Gasteiger partial charge on any atom is 0.272 e. The first kappa shape index (κ1) is 12.3. The Balaban J connectivity index is 2.04. The van der Waals surface area contributed by atoms with Crippen molar-refractivity contribution < 1.29 is 9.59 Å². The van der Waals surface area contributed by atoms with Gasteiger partial charge in [-0.15, -0.1) is 0 Å². The van der Waals surface area contributed by atoms with E-state index < -0.39 is 0 Å². The summed E-state index contributed by atoms with van der Waals surface area (Å²) in [4.78, 5) is 43.8. The molecule has 1 aliphatic heterocycles. The standard InChI is InChI=1S/C11H14N4O3/c1-8(16)14-2-4-15(5-3-14)11(18)9-6-10(17)13-7-12-9/h6-7H,2-5H2,1H3,(H,12,13,17). The van der Waals surface area contributed by atoms with E-state index in [0.29, 0.717) is 26.2 Å². The van der Waals surface area contributed by atoms with Crippen LogP contribution in [-0.2, 0) is 4.79 Å². The quantitative estimate of drug-likeness (QED) is 0.698. The van der Waals surface area contributed by atoms with Crippen LogP contribution in [0.3, 0.4) is 0 Å². The molecule has 7 heteroatoms. The molecule has 2 amide bonds. The van der Waals surface area contributed by atoms with Crippen LogP contribution in [0.4, 0.5) is 0 Å². The number of rotatable bonds is 1. The van der Waals surface area contributed by atoms with Gasteiger partial charge in [-0.2, -0.15) is 0 Å². The number of nitrogens with one attached hydrogen (secondary N) is 1. The second kappa shape index (κ2) is 4.99. The number of amides is 2. The average molecular weight is 250 g/mol. The first-order valence-corrected chi connectivity index (χ1v) is 5.67. The van der Waals surface area contributed by atoms with Crippen molar-refractivity contribution in [1.29, 1.82) is 0 Å². The van der Waals surface area contributed by atoms with Crippen molar-refractivity contribution in [2.75, 3.05) is 26.2 Å². The van der Waals surface area contributed by atoms with E-state index >= 15 is 0 Å². The molecule has 1 fully saturated rings. The van der Waals surface area contributed by atoms with Gasteiger partial charge in [0, 0.05) is 39.2 Å². The second-order valence-corrected chi connectivity index (χ2v) is 4.09. The summed E-state index contributed by atoms with van der Waals surface area (Å²) in [5.41, 5.74) is -0.217. The SMILES string of the molecule is CC(=O)N1CCN(C(=O)c2cc(=O)[nH]cn2)CC1. The van der Waals surface area contributed by atoms with Crippen LogP contribution < -0.4 is 5.56 Å². The molecule has 1 aliphatic rings. The van der Waals surface area contributed by atoms with E-state index in [2.05, 4.69) is 9.97 Å². The molecular formula is C11H14N4O3. The number of hydrogen-bond acceptors (Lipinski definition) is 4. The van der Waals surface area contributed by atoms with Gasteiger partial charge in [-0.25, -0.2) is 4.98 Å². The molecule has 1 aromatic heterocycles. The molecule has 0 saturated carbocycles. The van der Waals surface area contributed by atoms with Gasteiger partial charge in [-0.3, -0.25) is 14.4 Å². The molecule has 96 valence electrons. The molecule has 2 heterocycles. The molecule has 1 N–H and O–H groups in total. The molecule has 1 saturated heterocycles. The molecule has 0 radical (unpaired) electrons. The lowest BCUT2D eigenvalue weighted by Crippen LogP contribution is -2.50. The summed E-state index contributed by atoms with van der Waals surface area (Å²) in [6.45, 7) is 3.48. The molecule has 7 nitrogen and oxygen atoms in total. The van der Waals surface area contributed by atoms with Crippen LogP contribution in [0.25, 0.3) is 0 Å². The lowest BCUT2D eigenvalue weighted by Gasteiger charge is -2.33. The minimum Gasteiger partial charge on any atom is -0.339 e. The zero-order valence-electron chi connectivity index (χ0n) is 10.0. The van der Waals surface area contributed by atoms with Crippen LogP contribution in [-0.4, -0.2) is 57.8 Å². The Labute approximate surface area is 103 Å². The Bertz CT molecular complexity index is 517. The van der Waals surface area contributed by atoms with Crippen LogP contribution in [0.5, 0.6) is 0 Å². The Morgan fingerprint density at radius 1 is 1.22 bits per heavy atom. The minimum atomic E-state index is -0.351. The summed E-state index contributed by atoms with van der Waals surface area (Å²) in [7, 11) is 0. The van der Waals surface area contributed by atoms with Gasteiger partial charge in [-0.1, -0.05) is 0 Å². The highest BCUT2D eigenvalue weighted by Crippen LogP contribution is 2.05. The summed E-state index contributed by atoms with van der Waals surface area (Å²) < 4.78 is 0. The smallest absolute Gasteiger partial charge is 0.272 e. The number of carbonyl (C=O) groups excluding carboxylic acids is 2. The molecule has 0 aliphatic carbocycles. The van der Waals surface area contributed by atoms with E-state index in [-0.39, 0.29) is 23.1 Å². The van der Waals surface area contributed by atoms with Gasteiger partial charge < -0.3 is 14.8 Å². The molecule has 0 unspecified atom stereocenters. The van der Waals surface area contributed by atoms with E-state index in [0.717, 1.165) is 0 Å². The third-order valence-corrected chi connectivity index (χ3v) is 2.91. The van der Waals surface area contributed by atoms with Crippen LogP contribution in [0.2, 0.25) is 0 Å². The van der Waals surface area contributed by atoms with Crippen molar-refractivity contribution in [3.05, 3.63) is 28.4 Å². The normalized spacial score (nSPS) is 15.6. The number of hydrogen-bond donors (Lipinski definition) is 1. The van der Waals surface area contributed by atoms with Gasteiger partial charge in [0.25, 0.3) is 11.5 Å². The largest absolute Gasteiger partial charge is 0.339 e. The third-order valence-electron chi connectivity index (χ3n) is 2.91. The zero-order chi connectivity index (χ0) is 13.1. The van der Waals surface area contributed by atoms with E-state index in [1.165, 1.54) is 19.3 Å². The summed E-state index contributed by atoms with van der Waals surface area (Å²) in [6, 6.07) is 1.18. The lowest BCUT2D eigenvalue weighted by atomic mass is 10.2. The summed E-state index contributed by atoms with van der Waals surface area (Å²) in [6.07, 6.45) is 1.21. The summed E-state index contributed by atoms with van der Waals surface area (Å²) >= 11 is 0. The summed E-state index contributed by atoms with van der Waals surface area (Å²) in [5, 5.41) is 0. The number of aromatic amines is 1. The van der Waals surface area contributed by atoms with Gasteiger partial charge in [0.1, 0.15) is 5.69 Å². The number of carbonyl (C=O) groups is 2. The van der Waals surface area contributed by atoms with Gasteiger partial charge in [0.05, 0.1) is 6.33 Å². The third kappa shape index (κ3) is 2.55. The van der Waals surface area contributed by atoms with Gasteiger partial charge in [0.2, 0.25) is 5.91 Å². The number of H-pyrrole nitrogens is 1. The molecule has 2 rings (SSSR count). The van der Waals surface area contributed by atoms with E-state index in [9.17, 15) is 14.4 Å². The van der Waals surface area contributed by atoms with Gasteiger partial charge >= 0.3 is 0 Å². The fourth-order valence-corrected chi connectivity index (χ4v) is 1.87. The van der Waals surface area contributed by atoms with Crippen molar-refractivity contribution in [2.24, 2.45) is 0 Å². The number of aromatic nitrogens is 2. The van der Waals surface area contributed by atoms with E-state index in [1.54, 1.807) is 9.80 Å². The minimum absolute atomic E-state index is 0.0105. The zero-order valence-corrected chi connectivity index (χ0v) is 10.0. The average Bonchev–Trinajstić information content (AvgIpc) is 2.38. The first-order valence-electron chi connectivity index (χ1n) is 5.67. The predicted octanol–water partition coefficient (Wildman–Crippen LogP) is -0.926. The fraction of sp³-hybridized carbons (Fsp3) is 0.455. The molecular weight excluding hydrogens is 236 g/mol. The maximum absolute atomic E-state index is 12.0. The van der Waals surface area contributed by atoms with Gasteiger partial charge in [-0.05, 0) is 0 Å². The number of piperazine rings is 1. The Morgan fingerprint density at radius 3 is 2.39 bits per heavy atom. The number of nitrogens with zero attached hydrogens (tertiary/aromatic N) is 3. The van der Waals surface area contributed by atoms with Gasteiger partial charge in [0.15, 0.2) is 0 Å². The fourth-order valence-electron chi connectivity index (χ4n) is 1.87. The molecule has 18 heavy (non-hydrogen) atoms. The molecule has 0 spiro atoms. The maximum atomic E-state index is 12.0. The van der Waals surface area contributed by atoms with Crippen molar-refractivity contribution in [1.82, 2.24) is 19.8 Å². The van der Waals surface area contributed by atoms with Crippen molar-refractivity contribution in [3.63, 3.8) is 0 Å². The van der Waals surface area contributed by atoms with Crippen molar-refractivity contribution in [3.8, 4) is 0 Å². The lowest BCUT2D eigenvalue weighted by molar-refractivity contribution is -0.130. The van der Waals surface area contributed by atoms with Crippen LogP contribution >= 0.6 is 0 Å². The first-order chi connectivity index (χ1) is 8.58. The Morgan fingerprint density at radius 2 is 1.83 bits per heavy atom. The molecule has 0 bridgehead atoms. The van der Waals surface area contributed by atoms with Crippen LogP contribution in [0, 0.1) is 0 Å². The second-order valence-electron chi connectivity index (χ2n) is 4.09. The Kier molecular flexibility index (Phi) is 3.40. The highest BCUT2D eigenvalue weighted by molar-refractivity contribution is 5.92. The van der Waals surface area contributed by atoms with Crippen molar-refractivity contribution in [2.45, 2.75) is 6.92 Å². The monoisotopic (exact) mass is 250 g/mol. The molecule has 0 aromatic carbocycles. The van der Waals surface area contributed by atoms with Crippen molar-refractivity contribution >= 4 is 11.8 Å². The highest BCUT2D eigenvalue weighted by Gasteiger charge is 2.23. The Hall–Kier alpha value is -2.18. The van der Waals surface area contributed by atoms with E-state index in [1.807, 2.05) is 0 Å². The molecule has 0 atom stereocenters. The summed E-state index contributed by atoms with van der Waals surface area (Å²) in [5.74, 6) is -0.263. The molecule has 1 aromatic rings. The van der Waals surface area contributed by atoms with E-state index in [4.69, 9.17) is 0 Å². The van der Waals surface area contributed by atoms with Crippen LogP contribution in [0.1, 0.15) is 17.4 Å². The van der Waals surface area contributed by atoms with Crippen LogP contribution in [0.15, 0.2) is 17.2 Å². The topological polar surface area (TPSA) is 86.4 Å². The highest BCUT2D eigenvalue weighted by atomic mass is 16.2. The predicted molar refractivity (Wildman–Crippen MR) is 63.0 cm³/mol.